The average molecular weight is 407 g/mol. The Morgan fingerprint density at radius 3 is 2.67 bits per heavy atom. The monoisotopic (exact) mass is 406 g/mol. The van der Waals surface area contributed by atoms with E-state index in [1.54, 1.807) is 18.2 Å². The van der Waals surface area contributed by atoms with Gasteiger partial charge in [-0.25, -0.2) is 4.79 Å². The summed E-state index contributed by atoms with van der Waals surface area (Å²) in [5, 5.41) is 20.4. The van der Waals surface area contributed by atoms with Crippen LogP contribution in [-0.2, 0) is 24.8 Å². The fraction of sp³-hybridized carbons (Fsp3) is 0.480. The first-order valence-corrected chi connectivity index (χ1v) is 10.9. The Bertz CT molecular complexity index is 1030. The number of urea groups is 1. The van der Waals surface area contributed by atoms with Gasteiger partial charge in [-0.05, 0) is 65.1 Å². The summed E-state index contributed by atoms with van der Waals surface area (Å²) in [6.45, 7) is 8.78. The number of fused-ring (bicyclic) bond motifs is 5. The number of hydrogen-bond donors (Lipinski definition) is 2. The maximum Gasteiger partial charge on any atom is 0.320 e. The zero-order chi connectivity index (χ0) is 21.3. The molecule has 0 spiro atoms. The van der Waals surface area contributed by atoms with Gasteiger partial charge in [-0.3, -0.25) is 0 Å². The third-order valence-corrected chi connectivity index (χ3v) is 8.35. The van der Waals surface area contributed by atoms with Gasteiger partial charge in [0.05, 0.1) is 0 Å². The van der Waals surface area contributed by atoms with E-state index in [0.29, 0.717) is 25.3 Å². The number of phenolic OH excluding ortho intramolecular Hbond substituents is 2. The van der Waals surface area contributed by atoms with Crippen LogP contribution in [0.15, 0.2) is 36.4 Å². The number of amides is 2. The van der Waals surface area contributed by atoms with Gasteiger partial charge >= 0.3 is 6.03 Å². The zero-order valence-electron chi connectivity index (χ0n) is 18.0. The molecule has 2 aromatic carbocycles. The number of benzene rings is 2. The van der Waals surface area contributed by atoms with Crippen LogP contribution >= 0.6 is 0 Å². The average Bonchev–Trinajstić information content (AvgIpc) is 2.70. The SMILES string of the molecule is CC1(C)[C@H]2Cc3c(O)cccc3[C@]1(C)CCN2C(=O)N1CCc2ccc(O)cc2C1. The minimum absolute atomic E-state index is 0.0372. The lowest BCUT2D eigenvalue weighted by molar-refractivity contribution is -0.0245. The second-order valence-electron chi connectivity index (χ2n) is 9.93. The van der Waals surface area contributed by atoms with E-state index in [-0.39, 0.29) is 28.7 Å². The third kappa shape index (κ3) is 2.57. The van der Waals surface area contributed by atoms with E-state index in [1.807, 2.05) is 21.9 Å². The zero-order valence-corrected chi connectivity index (χ0v) is 18.0. The molecular weight excluding hydrogens is 376 g/mol. The van der Waals surface area contributed by atoms with E-state index in [4.69, 9.17) is 0 Å². The van der Waals surface area contributed by atoms with Gasteiger partial charge < -0.3 is 20.0 Å². The van der Waals surface area contributed by atoms with Gasteiger partial charge in [0.15, 0.2) is 0 Å². The summed E-state index contributed by atoms with van der Waals surface area (Å²) in [6.07, 6.45) is 2.37. The summed E-state index contributed by atoms with van der Waals surface area (Å²) in [4.78, 5) is 17.6. The smallest absolute Gasteiger partial charge is 0.320 e. The van der Waals surface area contributed by atoms with Crippen molar-refractivity contribution in [3.8, 4) is 11.5 Å². The molecule has 158 valence electrons. The van der Waals surface area contributed by atoms with Gasteiger partial charge in [-0.15, -0.1) is 0 Å². The first-order valence-electron chi connectivity index (χ1n) is 10.9. The number of carbonyl (C=O) groups excluding carboxylic acids is 1. The molecule has 2 aliphatic heterocycles. The highest BCUT2D eigenvalue weighted by atomic mass is 16.3. The van der Waals surface area contributed by atoms with E-state index < -0.39 is 0 Å². The van der Waals surface area contributed by atoms with E-state index in [2.05, 4.69) is 26.8 Å². The maximum absolute atomic E-state index is 13.7. The molecule has 0 aromatic heterocycles. The molecule has 1 aliphatic carbocycles. The fourth-order valence-corrected chi connectivity index (χ4v) is 6.04. The van der Waals surface area contributed by atoms with Crippen LogP contribution in [0.25, 0.3) is 0 Å². The molecule has 1 saturated heterocycles. The fourth-order valence-electron chi connectivity index (χ4n) is 6.04. The molecular formula is C25H30N2O3. The van der Waals surface area contributed by atoms with Crippen molar-refractivity contribution in [3.05, 3.63) is 58.7 Å². The van der Waals surface area contributed by atoms with Crippen molar-refractivity contribution in [1.29, 1.82) is 0 Å². The molecule has 0 unspecified atom stereocenters. The van der Waals surface area contributed by atoms with Crippen LogP contribution in [0.1, 0.15) is 49.4 Å². The lowest BCUT2D eigenvalue weighted by atomic mass is 9.51. The Balaban J connectivity index is 1.47. The van der Waals surface area contributed by atoms with E-state index in [1.165, 1.54) is 11.1 Å². The number of piperidine rings is 1. The third-order valence-electron chi connectivity index (χ3n) is 8.35. The quantitative estimate of drug-likeness (QED) is 0.690. The Kier molecular flexibility index (Phi) is 4.12. The van der Waals surface area contributed by atoms with Crippen LogP contribution in [0.4, 0.5) is 4.79 Å². The van der Waals surface area contributed by atoms with Crippen molar-refractivity contribution >= 4 is 6.03 Å². The summed E-state index contributed by atoms with van der Waals surface area (Å²) in [6, 6.07) is 11.4. The normalized spacial score (nSPS) is 26.7. The van der Waals surface area contributed by atoms with Gasteiger partial charge in [-0.1, -0.05) is 39.0 Å². The molecule has 0 saturated carbocycles. The van der Waals surface area contributed by atoms with Gasteiger partial charge in [-0.2, -0.15) is 0 Å². The van der Waals surface area contributed by atoms with Crippen LogP contribution in [0, 0.1) is 5.41 Å². The van der Waals surface area contributed by atoms with Crippen molar-refractivity contribution in [2.75, 3.05) is 13.1 Å². The van der Waals surface area contributed by atoms with E-state index in [9.17, 15) is 15.0 Å². The number of nitrogens with zero attached hydrogens (tertiary/aromatic N) is 2. The summed E-state index contributed by atoms with van der Waals surface area (Å²) >= 11 is 0. The molecule has 5 rings (SSSR count). The highest BCUT2D eigenvalue weighted by Crippen LogP contribution is 2.57. The second-order valence-corrected chi connectivity index (χ2v) is 9.93. The van der Waals surface area contributed by atoms with Gasteiger partial charge in [0.2, 0.25) is 0 Å². The number of hydrogen-bond acceptors (Lipinski definition) is 3. The lowest BCUT2D eigenvalue weighted by Gasteiger charge is -2.61. The minimum atomic E-state index is -0.104. The Labute approximate surface area is 177 Å². The Hall–Kier alpha value is -2.69. The Morgan fingerprint density at radius 2 is 1.87 bits per heavy atom. The standard InChI is InChI=1S/C25H30N2O3/c1-24(2)22-14-19-20(5-4-6-21(19)29)25(24,3)10-12-27(22)23(30)26-11-9-16-7-8-18(28)13-17(16)15-26/h4-8,13,22,28-29H,9-12,14-15H2,1-3H3/t22-,25+/m1/s1. The predicted octanol–water partition coefficient (Wildman–Crippen LogP) is 4.19. The highest BCUT2D eigenvalue weighted by molar-refractivity contribution is 5.76. The molecule has 5 nitrogen and oxygen atoms in total. The topological polar surface area (TPSA) is 64.0 Å². The van der Waals surface area contributed by atoms with Crippen molar-refractivity contribution < 1.29 is 15.0 Å². The van der Waals surface area contributed by atoms with E-state index in [0.717, 1.165) is 30.5 Å². The molecule has 5 heteroatoms. The number of rotatable bonds is 0. The van der Waals surface area contributed by atoms with Gasteiger partial charge in [0, 0.05) is 31.1 Å². The molecule has 2 aromatic rings. The van der Waals surface area contributed by atoms with Crippen LogP contribution in [0.2, 0.25) is 0 Å². The van der Waals surface area contributed by atoms with Crippen molar-refractivity contribution in [2.24, 2.45) is 5.41 Å². The van der Waals surface area contributed by atoms with Crippen molar-refractivity contribution in [1.82, 2.24) is 9.80 Å². The molecule has 2 atom stereocenters. The molecule has 2 bridgehead atoms. The lowest BCUT2D eigenvalue weighted by Crippen LogP contribution is -2.66. The molecule has 0 radical (unpaired) electrons. The van der Waals surface area contributed by atoms with Crippen LogP contribution in [0.3, 0.4) is 0 Å². The number of aromatic hydroxyl groups is 2. The van der Waals surface area contributed by atoms with Gasteiger partial charge in [0.25, 0.3) is 0 Å². The molecule has 2 amide bonds. The Morgan fingerprint density at radius 1 is 1.07 bits per heavy atom. The summed E-state index contributed by atoms with van der Waals surface area (Å²) in [7, 11) is 0. The largest absolute Gasteiger partial charge is 0.508 e. The predicted molar refractivity (Wildman–Crippen MR) is 116 cm³/mol. The summed E-state index contributed by atoms with van der Waals surface area (Å²) in [5.41, 5.74) is 4.28. The second kappa shape index (κ2) is 6.40. The molecule has 2 heterocycles. The van der Waals surface area contributed by atoms with Gasteiger partial charge in [0.1, 0.15) is 11.5 Å². The molecule has 1 fully saturated rings. The molecule has 2 N–H and O–H groups in total. The van der Waals surface area contributed by atoms with Crippen molar-refractivity contribution in [2.45, 2.75) is 58.0 Å². The van der Waals surface area contributed by atoms with E-state index >= 15 is 0 Å². The highest BCUT2D eigenvalue weighted by Gasteiger charge is 2.57. The minimum Gasteiger partial charge on any atom is -0.508 e. The first kappa shape index (κ1) is 19.3. The first-order chi connectivity index (χ1) is 14.2. The number of phenols is 2. The number of carbonyl (C=O) groups is 1. The molecule has 30 heavy (non-hydrogen) atoms. The van der Waals surface area contributed by atoms with Crippen LogP contribution in [0.5, 0.6) is 11.5 Å². The van der Waals surface area contributed by atoms with Crippen LogP contribution in [-0.4, -0.2) is 45.2 Å². The molecule has 3 aliphatic rings. The summed E-state index contributed by atoms with van der Waals surface area (Å²) in [5.74, 6) is 0.591. The van der Waals surface area contributed by atoms with Crippen molar-refractivity contribution in [3.63, 3.8) is 0 Å². The number of likely N-dealkylation sites (tertiary alicyclic amines) is 1. The maximum atomic E-state index is 13.7. The summed E-state index contributed by atoms with van der Waals surface area (Å²) < 4.78 is 0. The van der Waals surface area contributed by atoms with Crippen LogP contribution < -0.4 is 0 Å².